The highest BCUT2D eigenvalue weighted by molar-refractivity contribution is 5.89. The van der Waals surface area contributed by atoms with Gasteiger partial charge in [-0.2, -0.15) is 0 Å². The van der Waals surface area contributed by atoms with Gasteiger partial charge in [-0.05, 0) is 25.0 Å². The van der Waals surface area contributed by atoms with Crippen LogP contribution < -0.4 is 10.6 Å². The van der Waals surface area contributed by atoms with Gasteiger partial charge in [-0.1, -0.05) is 12.8 Å². The van der Waals surface area contributed by atoms with Crippen molar-refractivity contribution >= 4 is 11.7 Å². The molecule has 1 aliphatic carbocycles. The summed E-state index contributed by atoms with van der Waals surface area (Å²) in [5, 5.41) is 14.6. The first-order valence-electron chi connectivity index (χ1n) is 6.27. The fraction of sp³-hybridized carbons (Fsp3) is 0.462. The number of urea groups is 1. The summed E-state index contributed by atoms with van der Waals surface area (Å²) in [6.07, 6.45) is 2.65. The third-order valence-electron chi connectivity index (χ3n) is 3.23. The molecular formula is C13H16F2N2O2. The fourth-order valence-corrected chi connectivity index (χ4v) is 2.20. The molecule has 19 heavy (non-hydrogen) atoms. The predicted octanol–water partition coefficient (Wildman–Crippen LogP) is 2.39. The topological polar surface area (TPSA) is 61.4 Å². The summed E-state index contributed by atoms with van der Waals surface area (Å²) in [7, 11) is 0. The molecule has 1 aliphatic rings. The standard InChI is InChI=1S/C13H16F2N2O2/c14-8-5-6-10(9(15)7-8)16-13(19)17-11-3-1-2-4-12(11)18/h5-7,11-12,18H,1-4H2,(H2,16,17,19)/t11-,12-/m1/s1. The van der Waals surface area contributed by atoms with Crippen LogP contribution in [0.1, 0.15) is 25.7 Å². The third-order valence-corrected chi connectivity index (χ3v) is 3.23. The normalized spacial score (nSPS) is 22.9. The second-order valence-electron chi connectivity index (χ2n) is 4.68. The molecule has 1 aromatic rings. The molecule has 1 fully saturated rings. The van der Waals surface area contributed by atoms with Crippen molar-refractivity contribution in [2.24, 2.45) is 0 Å². The van der Waals surface area contributed by atoms with Crippen LogP contribution in [0.15, 0.2) is 18.2 Å². The van der Waals surface area contributed by atoms with E-state index >= 15 is 0 Å². The highest BCUT2D eigenvalue weighted by Gasteiger charge is 2.24. The Kier molecular flexibility index (Phi) is 4.31. The van der Waals surface area contributed by atoms with Crippen molar-refractivity contribution < 1.29 is 18.7 Å². The Bertz CT molecular complexity index is 468. The fourth-order valence-electron chi connectivity index (χ4n) is 2.20. The Morgan fingerprint density at radius 2 is 2.00 bits per heavy atom. The van der Waals surface area contributed by atoms with E-state index in [1.165, 1.54) is 0 Å². The van der Waals surface area contributed by atoms with E-state index in [1.807, 2.05) is 0 Å². The smallest absolute Gasteiger partial charge is 0.319 e. The number of hydrogen-bond acceptors (Lipinski definition) is 2. The van der Waals surface area contributed by atoms with Crippen LogP contribution in [0.4, 0.5) is 19.3 Å². The van der Waals surface area contributed by atoms with Crippen molar-refractivity contribution in [1.82, 2.24) is 5.32 Å². The minimum Gasteiger partial charge on any atom is -0.391 e. The van der Waals surface area contributed by atoms with E-state index in [9.17, 15) is 18.7 Å². The highest BCUT2D eigenvalue weighted by atomic mass is 19.1. The van der Waals surface area contributed by atoms with Gasteiger partial charge in [-0.25, -0.2) is 13.6 Å². The quantitative estimate of drug-likeness (QED) is 0.772. The Morgan fingerprint density at radius 3 is 2.68 bits per heavy atom. The number of anilines is 1. The molecule has 0 unspecified atom stereocenters. The molecule has 2 rings (SSSR count). The lowest BCUT2D eigenvalue weighted by atomic mass is 9.93. The molecule has 1 saturated carbocycles. The summed E-state index contributed by atoms with van der Waals surface area (Å²) in [5.41, 5.74) is -0.0933. The molecule has 0 aliphatic heterocycles. The summed E-state index contributed by atoms with van der Waals surface area (Å²) in [6.45, 7) is 0. The Labute approximate surface area is 109 Å². The number of carbonyl (C=O) groups is 1. The van der Waals surface area contributed by atoms with Gasteiger partial charge in [0.25, 0.3) is 0 Å². The number of nitrogens with one attached hydrogen (secondary N) is 2. The third kappa shape index (κ3) is 3.64. The van der Waals surface area contributed by atoms with Crippen LogP contribution in [0.2, 0.25) is 0 Å². The molecule has 1 aromatic carbocycles. The van der Waals surface area contributed by atoms with Crippen molar-refractivity contribution in [2.45, 2.75) is 37.8 Å². The maximum Gasteiger partial charge on any atom is 0.319 e. The zero-order chi connectivity index (χ0) is 13.8. The molecule has 104 valence electrons. The van der Waals surface area contributed by atoms with E-state index in [1.54, 1.807) is 0 Å². The van der Waals surface area contributed by atoms with Crippen LogP contribution in [-0.2, 0) is 0 Å². The lowest BCUT2D eigenvalue weighted by Crippen LogP contribution is -2.46. The molecule has 0 spiro atoms. The molecule has 3 N–H and O–H groups in total. The number of carbonyl (C=O) groups excluding carboxylic acids is 1. The number of amides is 2. The Balaban J connectivity index is 1.93. The molecule has 4 nitrogen and oxygen atoms in total. The average Bonchev–Trinajstić information content (AvgIpc) is 2.36. The van der Waals surface area contributed by atoms with Gasteiger partial charge < -0.3 is 15.7 Å². The van der Waals surface area contributed by atoms with E-state index in [0.717, 1.165) is 25.0 Å². The molecule has 0 aromatic heterocycles. The first-order valence-corrected chi connectivity index (χ1v) is 6.27. The molecule has 0 bridgehead atoms. The van der Waals surface area contributed by atoms with Crippen LogP contribution in [0.3, 0.4) is 0 Å². The number of hydrogen-bond donors (Lipinski definition) is 3. The second-order valence-corrected chi connectivity index (χ2v) is 4.68. The summed E-state index contributed by atoms with van der Waals surface area (Å²) >= 11 is 0. The van der Waals surface area contributed by atoms with Crippen molar-refractivity contribution in [2.75, 3.05) is 5.32 Å². The minimum absolute atomic E-state index is 0.0933. The van der Waals surface area contributed by atoms with Crippen LogP contribution in [0.5, 0.6) is 0 Å². The van der Waals surface area contributed by atoms with Gasteiger partial charge in [0.1, 0.15) is 11.6 Å². The Hall–Kier alpha value is -1.69. The number of aliphatic hydroxyl groups excluding tert-OH is 1. The van der Waals surface area contributed by atoms with Gasteiger partial charge in [0.2, 0.25) is 0 Å². The van der Waals surface area contributed by atoms with E-state index in [-0.39, 0.29) is 11.7 Å². The molecule has 0 heterocycles. The van der Waals surface area contributed by atoms with Crippen molar-refractivity contribution in [3.05, 3.63) is 29.8 Å². The zero-order valence-electron chi connectivity index (χ0n) is 10.3. The number of aliphatic hydroxyl groups is 1. The van der Waals surface area contributed by atoms with Gasteiger partial charge in [-0.3, -0.25) is 0 Å². The molecule has 0 radical (unpaired) electrons. The summed E-state index contributed by atoms with van der Waals surface area (Å²) in [6, 6.07) is 1.99. The monoisotopic (exact) mass is 270 g/mol. The van der Waals surface area contributed by atoms with Gasteiger partial charge in [0, 0.05) is 6.07 Å². The predicted molar refractivity (Wildman–Crippen MR) is 66.8 cm³/mol. The van der Waals surface area contributed by atoms with Crippen molar-refractivity contribution in [1.29, 1.82) is 0 Å². The van der Waals surface area contributed by atoms with E-state index < -0.39 is 23.8 Å². The number of halogens is 2. The van der Waals surface area contributed by atoms with Gasteiger partial charge in [-0.15, -0.1) is 0 Å². The maximum atomic E-state index is 13.3. The molecule has 2 atom stereocenters. The zero-order valence-corrected chi connectivity index (χ0v) is 10.3. The first kappa shape index (κ1) is 13.7. The molecular weight excluding hydrogens is 254 g/mol. The lowest BCUT2D eigenvalue weighted by molar-refractivity contribution is 0.0955. The lowest BCUT2D eigenvalue weighted by Gasteiger charge is -2.28. The van der Waals surface area contributed by atoms with E-state index in [2.05, 4.69) is 10.6 Å². The Morgan fingerprint density at radius 1 is 1.26 bits per heavy atom. The van der Waals surface area contributed by atoms with Gasteiger partial charge in [0.15, 0.2) is 0 Å². The van der Waals surface area contributed by atoms with E-state index in [4.69, 9.17) is 0 Å². The van der Waals surface area contributed by atoms with Gasteiger partial charge in [0.05, 0.1) is 17.8 Å². The molecule has 6 heteroatoms. The van der Waals surface area contributed by atoms with Crippen LogP contribution in [-0.4, -0.2) is 23.3 Å². The highest BCUT2D eigenvalue weighted by Crippen LogP contribution is 2.19. The van der Waals surface area contributed by atoms with Crippen molar-refractivity contribution in [3.63, 3.8) is 0 Å². The van der Waals surface area contributed by atoms with Crippen LogP contribution in [0, 0.1) is 11.6 Å². The molecule has 2 amide bonds. The first-order chi connectivity index (χ1) is 9.06. The van der Waals surface area contributed by atoms with Gasteiger partial charge >= 0.3 is 6.03 Å². The van der Waals surface area contributed by atoms with E-state index in [0.29, 0.717) is 18.9 Å². The average molecular weight is 270 g/mol. The van der Waals surface area contributed by atoms with Crippen molar-refractivity contribution in [3.8, 4) is 0 Å². The number of rotatable bonds is 2. The largest absolute Gasteiger partial charge is 0.391 e. The summed E-state index contributed by atoms with van der Waals surface area (Å²) in [4.78, 5) is 11.7. The molecule has 0 saturated heterocycles. The summed E-state index contributed by atoms with van der Waals surface area (Å²) < 4.78 is 26.0. The number of benzene rings is 1. The SMILES string of the molecule is O=C(Nc1ccc(F)cc1F)N[C@@H]1CCCC[C@H]1O. The minimum atomic E-state index is -0.834. The second kappa shape index (κ2) is 5.97. The van der Waals surface area contributed by atoms with Crippen LogP contribution in [0.25, 0.3) is 0 Å². The summed E-state index contributed by atoms with van der Waals surface area (Å²) in [5.74, 6) is -1.54. The van der Waals surface area contributed by atoms with Crippen LogP contribution >= 0.6 is 0 Å². The maximum absolute atomic E-state index is 13.3.